The molecule has 2 aromatic rings. The molecule has 2 rings (SSSR count). The zero-order chi connectivity index (χ0) is 24.9. The molecule has 0 fully saturated rings. The smallest absolute Gasteiger partial charge is 0.389 e. The highest BCUT2D eigenvalue weighted by Gasteiger charge is 2.27. The average Bonchev–Trinajstić information content (AvgIpc) is 2.75. The van der Waals surface area contributed by atoms with Crippen LogP contribution in [0.3, 0.4) is 0 Å². The molecule has 2 N–H and O–H groups in total. The van der Waals surface area contributed by atoms with Gasteiger partial charge in [0.2, 0.25) is 0 Å². The quantitative estimate of drug-likeness (QED) is 0.285. The van der Waals surface area contributed by atoms with Crippen LogP contribution in [0.15, 0.2) is 85.1 Å². The third-order valence-corrected chi connectivity index (χ3v) is 4.95. The second-order valence-corrected chi connectivity index (χ2v) is 8.20. The summed E-state index contributed by atoms with van der Waals surface area (Å²) in [4.78, 5) is 0. The minimum absolute atomic E-state index is 0.0625. The van der Waals surface area contributed by atoms with Gasteiger partial charge >= 0.3 is 6.18 Å². The lowest BCUT2D eigenvalue weighted by molar-refractivity contribution is -0.127. The molecule has 2 aromatic carbocycles. The number of aryl methyl sites for hydroxylation is 1. The van der Waals surface area contributed by atoms with Crippen LogP contribution in [0.1, 0.15) is 50.8 Å². The summed E-state index contributed by atoms with van der Waals surface area (Å²) in [5.74, 6) is 0. The van der Waals surface area contributed by atoms with Gasteiger partial charge in [0, 0.05) is 24.0 Å². The predicted molar refractivity (Wildman–Crippen MR) is 135 cm³/mol. The van der Waals surface area contributed by atoms with E-state index in [1.165, 1.54) is 11.6 Å². The first-order valence-electron chi connectivity index (χ1n) is 11.2. The number of nitrogens with one attached hydrogen (secondary N) is 2. The number of alkyl halides is 3. The van der Waals surface area contributed by atoms with Gasteiger partial charge in [-0.25, -0.2) is 0 Å². The zero-order valence-corrected chi connectivity index (χ0v) is 20.2. The molecule has 0 heterocycles. The van der Waals surface area contributed by atoms with Crippen molar-refractivity contribution in [2.45, 2.75) is 59.2 Å². The van der Waals surface area contributed by atoms with E-state index in [1.807, 2.05) is 33.8 Å². The van der Waals surface area contributed by atoms with Crippen LogP contribution in [0.4, 0.5) is 13.2 Å². The van der Waals surface area contributed by atoms with Gasteiger partial charge in [-0.1, -0.05) is 73.3 Å². The van der Waals surface area contributed by atoms with E-state index in [0.29, 0.717) is 0 Å². The molecule has 5 heteroatoms. The third kappa shape index (κ3) is 12.6. The van der Waals surface area contributed by atoms with Crippen molar-refractivity contribution in [3.8, 4) is 0 Å². The van der Waals surface area contributed by atoms with Crippen molar-refractivity contribution < 1.29 is 13.2 Å². The summed E-state index contributed by atoms with van der Waals surface area (Å²) in [7, 11) is 0. The molecule has 0 spiro atoms. The van der Waals surface area contributed by atoms with E-state index in [2.05, 4.69) is 54.1 Å². The SMILES string of the molecule is C=C(C)C(C)N/C(=C\C)c1cccc(CC(F)(F)F)c1.C=C(C)NCCCc1ccccc1. The van der Waals surface area contributed by atoms with E-state index in [9.17, 15) is 13.2 Å². The highest BCUT2D eigenvalue weighted by molar-refractivity contribution is 5.64. The molecule has 0 saturated heterocycles. The van der Waals surface area contributed by atoms with Crippen LogP contribution in [0.25, 0.3) is 5.70 Å². The Balaban J connectivity index is 0.000000361. The third-order valence-electron chi connectivity index (χ3n) is 4.95. The van der Waals surface area contributed by atoms with Crippen LogP contribution in [0.5, 0.6) is 0 Å². The molecule has 1 unspecified atom stereocenters. The van der Waals surface area contributed by atoms with E-state index in [0.717, 1.165) is 41.9 Å². The molecule has 1 atom stereocenters. The molecule has 33 heavy (non-hydrogen) atoms. The molecule has 0 bridgehead atoms. The van der Waals surface area contributed by atoms with Crippen molar-refractivity contribution in [1.82, 2.24) is 10.6 Å². The van der Waals surface area contributed by atoms with Gasteiger partial charge in [0.1, 0.15) is 0 Å². The molecular formula is C28H37F3N2. The molecule has 0 amide bonds. The van der Waals surface area contributed by atoms with Gasteiger partial charge in [-0.05, 0) is 63.3 Å². The van der Waals surface area contributed by atoms with Crippen molar-refractivity contribution >= 4 is 5.70 Å². The van der Waals surface area contributed by atoms with Gasteiger partial charge < -0.3 is 10.6 Å². The zero-order valence-electron chi connectivity index (χ0n) is 20.2. The van der Waals surface area contributed by atoms with Gasteiger partial charge in [0.05, 0.1) is 6.42 Å². The largest absolute Gasteiger partial charge is 0.393 e. The number of hydrogen-bond acceptors (Lipinski definition) is 2. The first-order chi connectivity index (χ1) is 15.5. The monoisotopic (exact) mass is 458 g/mol. The summed E-state index contributed by atoms with van der Waals surface area (Å²) in [5.41, 5.74) is 5.25. The van der Waals surface area contributed by atoms with E-state index in [-0.39, 0.29) is 11.6 Å². The lowest BCUT2D eigenvalue weighted by Gasteiger charge is -2.19. The lowest BCUT2D eigenvalue weighted by Crippen LogP contribution is -2.25. The lowest BCUT2D eigenvalue weighted by atomic mass is 10.0. The predicted octanol–water partition coefficient (Wildman–Crippen LogP) is 7.45. The fraction of sp³-hybridized carbons (Fsp3) is 0.357. The Morgan fingerprint density at radius 1 is 1.00 bits per heavy atom. The van der Waals surface area contributed by atoms with E-state index < -0.39 is 12.6 Å². The molecule has 0 aromatic heterocycles. The number of hydrogen-bond donors (Lipinski definition) is 2. The van der Waals surface area contributed by atoms with Gasteiger partial charge in [-0.15, -0.1) is 0 Å². The van der Waals surface area contributed by atoms with Gasteiger partial charge in [0.25, 0.3) is 0 Å². The second-order valence-electron chi connectivity index (χ2n) is 8.20. The van der Waals surface area contributed by atoms with E-state index >= 15 is 0 Å². The van der Waals surface area contributed by atoms with Crippen molar-refractivity contribution in [2.24, 2.45) is 0 Å². The number of allylic oxidation sites excluding steroid dienone is 2. The Morgan fingerprint density at radius 3 is 2.18 bits per heavy atom. The van der Waals surface area contributed by atoms with Gasteiger partial charge in [-0.3, -0.25) is 0 Å². The van der Waals surface area contributed by atoms with E-state index in [1.54, 1.807) is 18.2 Å². The van der Waals surface area contributed by atoms with Crippen molar-refractivity contribution in [1.29, 1.82) is 0 Å². The molecule has 0 aliphatic carbocycles. The Hall–Kier alpha value is -2.95. The van der Waals surface area contributed by atoms with Crippen LogP contribution in [-0.4, -0.2) is 18.8 Å². The Kier molecular flexibility index (Phi) is 12.1. The average molecular weight is 459 g/mol. The first-order valence-corrected chi connectivity index (χ1v) is 11.2. The van der Waals surface area contributed by atoms with Crippen LogP contribution >= 0.6 is 0 Å². The second kappa shape index (κ2) is 14.2. The Morgan fingerprint density at radius 2 is 1.64 bits per heavy atom. The molecule has 0 aliphatic rings. The van der Waals surface area contributed by atoms with Crippen molar-refractivity contribution in [2.75, 3.05) is 6.54 Å². The Labute approximate surface area is 197 Å². The standard InChI is InChI=1S/C16H20F3N.C12H17N/c1-5-15(20-12(4)11(2)3)14-8-6-7-13(9-14)10-16(17,18)19;1-11(2)13-10-6-9-12-7-4-3-5-8-12/h5-9,12,20H,2,10H2,1,3-4H3;3-5,7-8,13H,1,6,9-10H2,2H3/b15-5-;. The summed E-state index contributed by atoms with van der Waals surface area (Å²) in [6.45, 7) is 16.4. The maximum atomic E-state index is 12.4. The summed E-state index contributed by atoms with van der Waals surface area (Å²) in [6, 6.07) is 17.1. The highest BCUT2D eigenvalue weighted by atomic mass is 19.4. The maximum absolute atomic E-state index is 12.4. The topological polar surface area (TPSA) is 24.1 Å². The van der Waals surface area contributed by atoms with Crippen LogP contribution < -0.4 is 10.6 Å². The summed E-state index contributed by atoms with van der Waals surface area (Å²) >= 11 is 0. The number of rotatable bonds is 10. The summed E-state index contributed by atoms with van der Waals surface area (Å²) in [6.07, 6.45) is -0.939. The van der Waals surface area contributed by atoms with Crippen LogP contribution in [-0.2, 0) is 12.8 Å². The van der Waals surface area contributed by atoms with Gasteiger partial charge in [0.15, 0.2) is 0 Å². The van der Waals surface area contributed by atoms with Crippen molar-refractivity contribution in [3.63, 3.8) is 0 Å². The summed E-state index contributed by atoms with van der Waals surface area (Å²) < 4.78 is 37.3. The number of benzene rings is 2. The molecule has 0 radical (unpaired) electrons. The fourth-order valence-corrected chi connectivity index (χ4v) is 3.01. The first kappa shape index (κ1) is 28.1. The number of halogens is 3. The maximum Gasteiger partial charge on any atom is 0.393 e. The van der Waals surface area contributed by atoms with Crippen LogP contribution in [0.2, 0.25) is 0 Å². The highest BCUT2D eigenvalue weighted by Crippen LogP contribution is 2.23. The van der Waals surface area contributed by atoms with Crippen LogP contribution in [0, 0.1) is 0 Å². The molecular weight excluding hydrogens is 421 g/mol. The summed E-state index contributed by atoms with van der Waals surface area (Å²) in [5, 5.41) is 6.47. The Bertz CT molecular complexity index is 899. The molecule has 0 saturated carbocycles. The molecule has 0 aliphatic heterocycles. The molecule has 180 valence electrons. The van der Waals surface area contributed by atoms with E-state index in [4.69, 9.17) is 0 Å². The minimum Gasteiger partial charge on any atom is -0.389 e. The van der Waals surface area contributed by atoms with Gasteiger partial charge in [-0.2, -0.15) is 13.2 Å². The fourth-order valence-electron chi connectivity index (χ4n) is 3.01. The normalized spacial score (nSPS) is 12.3. The molecule has 2 nitrogen and oxygen atoms in total. The van der Waals surface area contributed by atoms with Crippen molar-refractivity contribution in [3.05, 3.63) is 102 Å². The minimum atomic E-state index is -4.19.